The van der Waals surface area contributed by atoms with E-state index in [1.165, 1.54) is 31.4 Å². The SMILES string of the molecule is CCOC(=O)c1c(NC(=O)c2ccc(F)cc2)c(-c2ccc(OC)c(OC)c2)cn1Cc1ccccc1. The van der Waals surface area contributed by atoms with Crippen molar-refractivity contribution in [2.75, 3.05) is 26.1 Å². The largest absolute Gasteiger partial charge is 0.493 e. The van der Waals surface area contributed by atoms with Crippen molar-refractivity contribution < 1.29 is 28.2 Å². The number of ether oxygens (including phenoxy) is 3. The molecule has 3 aromatic carbocycles. The van der Waals surface area contributed by atoms with E-state index in [1.54, 1.807) is 36.9 Å². The monoisotopic (exact) mass is 502 g/mol. The minimum Gasteiger partial charge on any atom is -0.493 e. The molecule has 7 nitrogen and oxygen atoms in total. The molecule has 0 saturated carbocycles. The second-order valence-corrected chi connectivity index (χ2v) is 8.13. The summed E-state index contributed by atoms with van der Waals surface area (Å²) in [5.74, 6) is -0.505. The quantitative estimate of drug-likeness (QED) is 0.293. The topological polar surface area (TPSA) is 78.8 Å². The summed E-state index contributed by atoms with van der Waals surface area (Å²) in [5, 5.41) is 2.87. The van der Waals surface area contributed by atoms with Crippen molar-refractivity contribution in [1.82, 2.24) is 4.57 Å². The first-order valence-corrected chi connectivity index (χ1v) is 11.7. The summed E-state index contributed by atoms with van der Waals surface area (Å²) in [5.41, 5.74) is 2.92. The summed E-state index contributed by atoms with van der Waals surface area (Å²) in [6.07, 6.45) is 1.79. The van der Waals surface area contributed by atoms with Crippen molar-refractivity contribution in [2.45, 2.75) is 13.5 Å². The molecule has 190 valence electrons. The number of carbonyl (C=O) groups is 2. The standard InChI is InChI=1S/C29H27FN2O5/c1-4-37-29(34)27-26(31-28(33)20-10-13-22(30)14-11-20)23(18-32(27)17-19-8-6-5-7-9-19)21-12-15-24(35-2)25(16-21)36-3/h5-16,18H,4,17H2,1-3H3,(H,31,33). The number of methoxy groups -OCH3 is 2. The molecule has 1 N–H and O–H groups in total. The van der Waals surface area contributed by atoms with Gasteiger partial charge in [-0.15, -0.1) is 0 Å². The maximum atomic E-state index is 13.4. The summed E-state index contributed by atoms with van der Waals surface area (Å²) in [6.45, 7) is 2.24. The lowest BCUT2D eigenvalue weighted by molar-refractivity contribution is 0.0515. The number of esters is 1. The molecule has 0 saturated heterocycles. The van der Waals surface area contributed by atoms with Gasteiger partial charge in [-0.3, -0.25) is 4.79 Å². The molecule has 0 aliphatic rings. The molecule has 37 heavy (non-hydrogen) atoms. The molecule has 0 bridgehead atoms. The summed E-state index contributed by atoms with van der Waals surface area (Å²) < 4.78 is 31.4. The smallest absolute Gasteiger partial charge is 0.357 e. The molecule has 8 heteroatoms. The summed E-state index contributed by atoms with van der Waals surface area (Å²) in [4.78, 5) is 26.4. The lowest BCUT2D eigenvalue weighted by atomic mass is 10.1. The second kappa shape index (κ2) is 11.4. The molecule has 0 atom stereocenters. The number of hydrogen-bond acceptors (Lipinski definition) is 5. The van der Waals surface area contributed by atoms with Gasteiger partial charge in [-0.25, -0.2) is 9.18 Å². The van der Waals surface area contributed by atoms with Gasteiger partial charge in [-0.1, -0.05) is 36.4 Å². The Morgan fingerprint density at radius 2 is 1.62 bits per heavy atom. The van der Waals surface area contributed by atoms with E-state index >= 15 is 0 Å². The summed E-state index contributed by atoms with van der Waals surface area (Å²) in [6, 6.07) is 20.1. The van der Waals surface area contributed by atoms with Gasteiger partial charge in [0.05, 0.1) is 26.5 Å². The van der Waals surface area contributed by atoms with Gasteiger partial charge in [0.15, 0.2) is 17.2 Å². The third-order valence-electron chi connectivity index (χ3n) is 5.78. The van der Waals surface area contributed by atoms with Crippen LogP contribution in [0.3, 0.4) is 0 Å². The fraction of sp³-hybridized carbons (Fsp3) is 0.172. The molecule has 4 aromatic rings. The number of anilines is 1. The first-order valence-electron chi connectivity index (χ1n) is 11.7. The molecular formula is C29H27FN2O5. The molecule has 0 aliphatic carbocycles. The number of aromatic nitrogens is 1. The highest BCUT2D eigenvalue weighted by atomic mass is 19.1. The Morgan fingerprint density at radius 3 is 2.27 bits per heavy atom. The first kappa shape index (κ1) is 25.5. The van der Waals surface area contributed by atoms with Crippen LogP contribution in [0, 0.1) is 5.82 Å². The second-order valence-electron chi connectivity index (χ2n) is 8.13. The predicted octanol–water partition coefficient (Wildman–Crippen LogP) is 5.79. The average Bonchev–Trinajstić information content (AvgIpc) is 3.26. The number of hydrogen-bond donors (Lipinski definition) is 1. The number of nitrogens with zero attached hydrogens (tertiary/aromatic N) is 1. The van der Waals surface area contributed by atoms with Gasteiger partial charge in [0.2, 0.25) is 0 Å². The highest BCUT2D eigenvalue weighted by Crippen LogP contribution is 2.39. The number of benzene rings is 3. The molecule has 1 aromatic heterocycles. The van der Waals surface area contributed by atoms with Crippen LogP contribution in [0.4, 0.5) is 10.1 Å². The van der Waals surface area contributed by atoms with Crippen LogP contribution < -0.4 is 14.8 Å². The van der Waals surface area contributed by atoms with Gasteiger partial charge in [-0.05, 0) is 54.4 Å². The minimum absolute atomic E-state index is 0.159. The van der Waals surface area contributed by atoms with Gasteiger partial charge in [-0.2, -0.15) is 0 Å². The summed E-state index contributed by atoms with van der Waals surface area (Å²) >= 11 is 0. The van der Waals surface area contributed by atoms with Gasteiger partial charge in [0.25, 0.3) is 5.91 Å². The van der Waals surface area contributed by atoms with E-state index in [4.69, 9.17) is 14.2 Å². The number of halogens is 1. The van der Waals surface area contributed by atoms with E-state index in [0.717, 1.165) is 5.56 Å². The van der Waals surface area contributed by atoms with Crippen molar-refractivity contribution in [1.29, 1.82) is 0 Å². The van der Waals surface area contributed by atoms with Crippen LogP contribution in [0.15, 0.2) is 79.0 Å². The van der Waals surface area contributed by atoms with E-state index in [0.29, 0.717) is 29.2 Å². The van der Waals surface area contributed by atoms with Crippen LogP contribution in [0.1, 0.15) is 33.3 Å². The lowest BCUT2D eigenvalue weighted by Crippen LogP contribution is -2.18. The Balaban J connectivity index is 1.89. The highest BCUT2D eigenvalue weighted by molar-refractivity contribution is 6.11. The Bertz CT molecular complexity index is 1400. The van der Waals surface area contributed by atoms with E-state index < -0.39 is 17.7 Å². The Labute approximate surface area is 214 Å². The number of carbonyl (C=O) groups excluding carboxylic acids is 2. The van der Waals surface area contributed by atoms with Gasteiger partial charge in [0, 0.05) is 23.9 Å². The maximum absolute atomic E-state index is 13.4. The molecule has 0 aliphatic heterocycles. The van der Waals surface area contributed by atoms with Gasteiger partial charge < -0.3 is 24.1 Å². The predicted molar refractivity (Wildman–Crippen MR) is 139 cm³/mol. The van der Waals surface area contributed by atoms with Crippen LogP contribution >= 0.6 is 0 Å². The fourth-order valence-corrected chi connectivity index (χ4v) is 4.02. The molecule has 0 radical (unpaired) electrons. The third-order valence-corrected chi connectivity index (χ3v) is 5.78. The van der Waals surface area contributed by atoms with E-state index in [1.807, 2.05) is 36.4 Å². The minimum atomic E-state index is -0.584. The van der Waals surface area contributed by atoms with Crippen molar-refractivity contribution >= 4 is 17.6 Å². The van der Waals surface area contributed by atoms with Crippen LogP contribution in [-0.4, -0.2) is 37.3 Å². The van der Waals surface area contributed by atoms with Crippen molar-refractivity contribution in [2.24, 2.45) is 0 Å². The number of nitrogens with one attached hydrogen (secondary N) is 1. The van der Waals surface area contributed by atoms with Crippen LogP contribution in [0.5, 0.6) is 11.5 Å². The van der Waals surface area contributed by atoms with Crippen LogP contribution in [0.25, 0.3) is 11.1 Å². The molecular weight excluding hydrogens is 475 g/mol. The van der Waals surface area contributed by atoms with Crippen LogP contribution in [-0.2, 0) is 11.3 Å². The zero-order chi connectivity index (χ0) is 26.4. The average molecular weight is 503 g/mol. The lowest BCUT2D eigenvalue weighted by Gasteiger charge is -2.13. The molecule has 0 fully saturated rings. The van der Waals surface area contributed by atoms with Crippen LogP contribution in [0.2, 0.25) is 0 Å². The number of rotatable bonds is 9. The summed E-state index contributed by atoms with van der Waals surface area (Å²) in [7, 11) is 3.07. The molecule has 0 unspecified atom stereocenters. The van der Waals surface area contributed by atoms with E-state index in [2.05, 4.69) is 5.32 Å². The molecule has 1 heterocycles. The highest BCUT2D eigenvalue weighted by Gasteiger charge is 2.26. The van der Waals surface area contributed by atoms with Crippen molar-refractivity contribution in [3.05, 3.63) is 102 Å². The number of amides is 1. The van der Waals surface area contributed by atoms with Gasteiger partial charge >= 0.3 is 5.97 Å². The van der Waals surface area contributed by atoms with Crippen molar-refractivity contribution in [3.8, 4) is 22.6 Å². The van der Waals surface area contributed by atoms with E-state index in [9.17, 15) is 14.0 Å². The normalized spacial score (nSPS) is 10.6. The molecule has 1 amide bonds. The Kier molecular flexibility index (Phi) is 7.88. The zero-order valence-corrected chi connectivity index (χ0v) is 20.8. The van der Waals surface area contributed by atoms with Crippen molar-refractivity contribution in [3.63, 3.8) is 0 Å². The zero-order valence-electron chi connectivity index (χ0n) is 20.8. The Morgan fingerprint density at radius 1 is 0.919 bits per heavy atom. The Hall–Kier alpha value is -4.59. The van der Waals surface area contributed by atoms with E-state index in [-0.39, 0.29) is 23.6 Å². The molecule has 4 rings (SSSR count). The molecule has 0 spiro atoms. The van der Waals surface area contributed by atoms with Gasteiger partial charge in [0.1, 0.15) is 5.82 Å². The third kappa shape index (κ3) is 5.64. The maximum Gasteiger partial charge on any atom is 0.357 e. The first-order chi connectivity index (χ1) is 17.9. The fourth-order valence-electron chi connectivity index (χ4n) is 4.02.